The molecule has 0 aliphatic rings. The van der Waals surface area contributed by atoms with E-state index in [9.17, 15) is 14.0 Å². The first-order valence-electron chi connectivity index (χ1n) is 9.52. The minimum Gasteiger partial charge on any atom is -0.450 e. The van der Waals surface area contributed by atoms with Crippen LogP contribution in [0.4, 0.5) is 31.0 Å². The van der Waals surface area contributed by atoms with Gasteiger partial charge in [0.1, 0.15) is 12.4 Å². The van der Waals surface area contributed by atoms with E-state index in [4.69, 9.17) is 15.9 Å². The van der Waals surface area contributed by atoms with Gasteiger partial charge in [-0.25, -0.2) is 14.0 Å². The SMILES string of the molecule is C#CCN(Cc1ccc(F)cc1)c1ccc(NC(=O)OCC)c(NC(=O)OCC=C)c1. The predicted molar refractivity (Wildman–Crippen MR) is 119 cm³/mol. The zero-order valence-electron chi connectivity index (χ0n) is 17.2. The summed E-state index contributed by atoms with van der Waals surface area (Å²) in [5.74, 6) is 2.26. The molecule has 0 bridgehead atoms. The van der Waals surface area contributed by atoms with Crippen molar-refractivity contribution in [3.8, 4) is 12.3 Å². The summed E-state index contributed by atoms with van der Waals surface area (Å²) in [5.41, 5.74) is 2.14. The number of amides is 2. The third-order valence-corrected chi connectivity index (χ3v) is 4.02. The maximum Gasteiger partial charge on any atom is 0.412 e. The molecule has 8 heteroatoms. The van der Waals surface area contributed by atoms with Gasteiger partial charge >= 0.3 is 12.2 Å². The molecule has 0 saturated carbocycles. The van der Waals surface area contributed by atoms with Crippen LogP contribution in [0.2, 0.25) is 0 Å². The summed E-state index contributed by atoms with van der Waals surface area (Å²) in [5, 5.41) is 5.17. The number of benzene rings is 2. The van der Waals surface area contributed by atoms with Crippen LogP contribution in [0.1, 0.15) is 12.5 Å². The van der Waals surface area contributed by atoms with Gasteiger partial charge in [0.2, 0.25) is 0 Å². The van der Waals surface area contributed by atoms with Crippen LogP contribution in [0.25, 0.3) is 0 Å². The van der Waals surface area contributed by atoms with Gasteiger partial charge in [-0.15, -0.1) is 6.42 Å². The number of terminal acetylenes is 1. The molecule has 0 aliphatic heterocycles. The van der Waals surface area contributed by atoms with E-state index in [1.807, 2.05) is 4.90 Å². The maximum atomic E-state index is 13.2. The zero-order valence-corrected chi connectivity index (χ0v) is 17.2. The average Bonchev–Trinajstić information content (AvgIpc) is 2.75. The van der Waals surface area contributed by atoms with Crippen molar-refractivity contribution in [2.45, 2.75) is 13.5 Å². The highest BCUT2D eigenvalue weighted by Gasteiger charge is 2.15. The van der Waals surface area contributed by atoms with Crippen LogP contribution in [0.5, 0.6) is 0 Å². The highest BCUT2D eigenvalue weighted by molar-refractivity contribution is 5.96. The molecule has 2 aromatic carbocycles. The fourth-order valence-corrected chi connectivity index (χ4v) is 2.66. The molecule has 7 nitrogen and oxygen atoms in total. The number of rotatable bonds is 9. The Morgan fingerprint density at radius 1 is 1.13 bits per heavy atom. The second-order valence-corrected chi connectivity index (χ2v) is 6.27. The number of carbonyl (C=O) groups is 2. The summed E-state index contributed by atoms with van der Waals surface area (Å²) in [6.45, 7) is 6.08. The largest absolute Gasteiger partial charge is 0.450 e. The average molecular weight is 425 g/mol. The van der Waals surface area contributed by atoms with Gasteiger partial charge in [0.25, 0.3) is 0 Å². The molecule has 0 aromatic heterocycles. The standard InChI is InChI=1S/C23H24FN3O4/c1-4-13-27(16-17-7-9-18(24)10-8-17)19-11-12-20(25-22(28)30-6-3)21(15-19)26-23(29)31-14-5-2/h1,5,7-12,15H,2,6,13-14,16H2,3H3,(H,25,28)(H,26,29). The van der Waals surface area contributed by atoms with E-state index in [0.29, 0.717) is 23.6 Å². The van der Waals surface area contributed by atoms with Crippen LogP contribution in [-0.4, -0.2) is 31.9 Å². The summed E-state index contributed by atoms with van der Waals surface area (Å²) in [6.07, 6.45) is 5.58. The van der Waals surface area contributed by atoms with Crippen molar-refractivity contribution in [1.82, 2.24) is 0 Å². The number of anilines is 3. The van der Waals surface area contributed by atoms with Crippen LogP contribution in [0.15, 0.2) is 55.1 Å². The first-order valence-corrected chi connectivity index (χ1v) is 9.52. The first kappa shape index (κ1) is 23.3. The molecule has 0 atom stereocenters. The molecule has 31 heavy (non-hydrogen) atoms. The van der Waals surface area contributed by atoms with E-state index in [1.165, 1.54) is 18.2 Å². The number of ether oxygens (including phenoxy) is 2. The molecule has 2 amide bonds. The summed E-state index contributed by atoms with van der Waals surface area (Å²) in [7, 11) is 0. The van der Waals surface area contributed by atoms with E-state index in [0.717, 1.165) is 5.56 Å². The molecule has 0 fully saturated rings. The van der Waals surface area contributed by atoms with Gasteiger partial charge in [-0.05, 0) is 42.8 Å². The van der Waals surface area contributed by atoms with Crippen molar-refractivity contribution in [1.29, 1.82) is 0 Å². The fraction of sp³-hybridized carbons (Fsp3) is 0.217. The Morgan fingerprint density at radius 3 is 2.45 bits per heavy atom. The molecule has 2 N–H and O–H groups in total. The summed E-state index contributed by atoms with van der Waals surface area (Å²) in [6, 6.07) is 11.1. The lowest BCUT2D eigenvalue weighted by Crippen LogP contribution is -2.24. The van der Waals surface area contributed by atoms with Crippen LogP contribution >= 0.6 is 0 Å². The van der Waals surface area contributed by atoms with Crippen molar-refractivity contribution in [2.75, 3.05) is 35.3 Å². The number of hydrogen-bond acceptors (Lipinski definition) is 5. The van der Waals surface area contributed by atoms with E-state index in [-0.39, 0.29) is 25.6 Å². The number of nitrogens with one attached hydrogen (secondary N) is 2. The zero-order chi connectivity index (χ0) is 22.6. The van der Waals surface area contributed by atoms with E-state index in [2.05, 4.69) is 23.1 Å². The van der Waals surface area contributed by atoms with Crippen molar-refractivity contribution < 1.29 is 23.5 Å². The lowest BCUT2D eigenvalue weighted by atomic mass is 10.1. The second kappa shape index (κ2) is 11.9. The highest BCUT2D eigenvalue weighted by Crippen LogP contribution is 2.29. The minimum atomic E-state index is -0.717. The van der Waals surface area contributed by atoms with Crippen LogP contribution in [-0.2, 0) is 16.0 Å². The smallest absolute Gasteiger partial charge is 0.412 e. The lowest BCUT2D eigenvalue weighted by molar-refractivity contribution is 0.167. The topological polar surface area (TPSA) is 79.9 Å². The highest BCUT2D eigenvalue weighted by atomic mass is 19.1. The van der Waals surface area contributed by atoms with E-state index < -0.39 is 12.2 Å². The maximum absolute atomic E-state index is 13.2. The van der Waals surface area contributed by atoms with Crippen molar-refractivity contribution >= 4 is 29.2 Å². The molecule has 0 saturated heterocycles. The Morgan fingerprint density at radius 2 is 1.81 bits per heavy atom. The van der Waals surface area contributed by atoms with Gasteiger partial charge in [0.15, 0.2) is 0 Å². The molecule has 2 rings (SSSR count). The van der Waals surface area contributed by atoms with Gasteiger partial charge < -0.3 is 14.4 Å². The third kappa shape index (κ3) is 7.40. The van der Waals surface area contributed by atoms with Crippen LogP contribution in [0.3, 0.4) is 0 Å². The number of halogens is 1. The van der Waals surface area contributed by atoms with Gasteiger partial charge in [-0.2, -0.15) is 0 Å². The number of carbonyl (C=O) groups excluding carboxylic acids is 2. The molecule has 2 aromatic rings. The molecular formula is C23H24FN3O4. The third-order valence-electron chi connectivity index (χ3n) is 4.02. The van der Waals surface area contributed by atoms with E-state index in [1.54, 1.807) is 37.3 Å². The van der Waals surface area contributed by atoms with Crippen LogP contribution < -0.4 is 15.5 Å². The predicted octanol–water partition coefficient (Wildman–Crippen LogP) is 4.77. The molecule has 0 spiro atoms. The quantitative estimate of drug-likeness (QED) is 0.447. The van der Waals surface area contributed by atoms with Gasteiger partial charge in [-0.1, -0.05) is 30.7 Å². The lowest BCUT2D eigenvalue weighted by Gasteiger charge is -2.24. The summed E-state index contributed by atoms with van der Waals surface area (Å²) < 4.78 is 23.1. The van der Waals surface area contributed by atoms with Gasteiger partial charge in [-0.3, -0.25) is 10.6 Å². The van der Waals surface area contributed by atoms with Crippen molar-refractivity contribution in [3.63, 3.8) is 0 Å². The number of hydrogen-bond donors (Lipinski definition) is 2. The van der Waals surface area contributed by atoms with Crippen molar-refractivity contribution in [2.24, 2.45) is 0 Å². The Labute approximate surface area is 180 Å². The molecule has 0 heterocycles. The Hall–Kier alpha value is -3.99. The molecule has 0 aliphatic carbocycles. The molecule has 0 radical (unpaired) electrons. The Bertz CT molecular complexity index is 954. The number of nitrogens with zero attached hydrogens (tertiary/aromatic N) is 1. The summed E-state index contributed by atoms with van der Waals surface area (Å²) in [4.78, 5) is 25.8. The Kier molecular flexibility index (Phi) is 8.92. The minimum absolute atomic E-state index is 0.0277. The van der Waals surface area contributed by atoms with Crippen molar-refractivity contribution in [3.05, 3.63) is 66.5 Å². The molecular weight excluding hydrogens is 401 g/mol. The summed E-state index contributed by atoms with van der Waals surface area (Å²) >= 11 is 0. The van der Waals surface area contributed by atoms with Crippen LogP contribution in [0, 0.1) is 18.2 Å². The fourth-order valence-electron chi connectivity index (χ4n) is 2.66. The van der Waals surface area contributed by atoms with E-state index >= 15 is 0 Å². The Balaban J connectivity index is 2.33. The second-order valence-electron chi connectivity index (χ2n) is 6.27. The molecule has 162 valence electrons. The molecule has 0 unspecified atom stereocenters. The van der Waals surface area contributed by atoms with Gasteiger partial charge in [0.05, 0.1) is 24.5 Å². The normalized spacial score (nSPS) is 9.84. The van der Waals surface area contributed by atoms with Gasteiger partial charge in [0, 0.05) is 12.2 Å². The monoisotopic (exact) mass is 425 g/mol. The first-order chi connectivity index (χ1) is 15.0.